The van der Waals surface area contributed by atoms with Crippen molar-refractivity contribution in [2.75, 3.05) is 58.8 Å². The molecule has 0 spiro atoms. The molecule has 3 rings (SSSR count). The van der Waals surface area contributed by atoms with Crippen molar-refractivity contribution in [2.24, 2.45) is 12.0 Å². The summed E-state index contributed by atoms with van der Waals surface area (Å²) in [5.41, 5.74) is 2.30. The average Bonchev–Trinajstić information content (AvgIpc) is 3.11. The fourth-order valence-electron chi connectivity index (χ4n) is 3.60. The Bertz CT molecular complexity index is 793. The number of likely N-dealkylation sites (N-methyl/N-ethyl adjacent to an activating group) is 1. The molecule has 1 saturated heterocycles. The van der Waals surface area contributed by atoms with Gasteiger partial charge in [0.2, 0.25) is 0 Å². The second-order valence-electron chi connectivity index (χ2n) is 7.28. The zero-order valence-corrected chi connectivity index (χ0v) is 17.9. The van der Waals surface area contributed by atoms with E-state index in [1.54, 1.807) is 0 Å². The first-order chi connectivity index (χ1) is 13.5. The third-order valence-electron chi connectivity index (χ3n) is 5.17. The molecule has 8 heteroatoms. The lowest BCUT2D eigenvalue weighted by Gasteiger charge is -2.38. The second-order valence-corrected chi connectivity index (χ2v) is 7.69. The Kier molecular flexibility index (Phi) is 6.80. The molecule has 1 aliphatic heterocycles. The lowest BCUT2D eigenvalue weighted by molar-refractivity contribution is 0.292. The summed E-state index contributed by atoms with van der Waals surface area (Å²) in [5.74, 6) is 0.939. The summed E-state index contributed by atoms with van der Waals surface area (Å²) in [7, 11) is 7.97. The number of guanidine groups is 1. The van der Waals surface area contributed by atoms with Crippen molar-refractivity contribution in [3.8, 4) is 0 Å². The van der Waals surface area contributed by atoms with E-state index >= 15 is 0 Å². The van der Waals surface area contributed by atoms with Gasteiger partial charge in [-0.1, -0.05) is 23.7 Å². The van der Waals surface area contributed by atoms with E-state index < -0.39 is 0 Å². The zero-order valence-electron chi connectivity index (χ0n) is 17.1. The van der Waals surface area contributed by atoms with E-state index in [0.717, 1.165) is 49.4 Å². The summed E-state index contributed by atoms with van der Waals surface area (Å²) in [6.07, 6.45) is 4.00. The minimum atomic E-state index is 0.231. The van der Waals surface area contributed by atoms with Crippen molar-refractivity contribution in [3.05, 3.63) is 47.2 Å². The van der Waals surface area contributed by atoms with Crippen molar-refractivity contribution in [1.29, 1.82) is 0 Å². The molecule has 0 radical (unpaired) electrons. The van der Waals surface area contributed by atoms with Crippen LogP contribution >= 0.6 is 11.6 Å². The van der Waals surface area contributed by atoms with Crippen LogP contribution in [-0.4, -0.2) is 79.4 Å². The molecule has 1 atom stereocenters. The Labute approximate surface area is 172 Å². The van der Waals surface area contributed by atoms with E-state index in [-0.39, 0.29) is 6.04 Å². The van der Waals surface area contributed by atoms with Gasteiger partial charge in [-0.05, 0) is 26.2 Å². The van der Waals surface area contributed by atoms with Crippen LogP contribution < -0.4 is 10.2 Å². The van der Waals surface area contributed by atoms with Crippen molar-refractivity contribution in [2.45, 2.75) is 6.04 Å². The fraction of sp³-hybridized carbons (Fsp3) is 0.500. The predicted octanol–water partition coefficient (Wildman–Crippen LogP) is 2.07. The maximum atomic E-state index is 6.36. The molecule has 0 bridgehead atoms. The van der Waals surface area contributed by atoms with Crippen LogP contribution in [0.4, 0.5) is 5.69 Å². The topological polar surface area (TPSA) is 51.9 Å². The highest BCUT2D eigenvalue weighted by molar-refractivity contribution is 6.33. The number of nitrogens with zero attached hydrogens (tertiary/aromatic N) is 6. The molecule has 28 heavy (non-hydrogen) atoms. The van der Waals surface area contributed by atoms with Crippen molar-refractivity contribution in [1.82, 2.24) is 24.9 Å². The minimum Gasteiger partial charge on any atom is -0.367 e. The average molecular weight is 404 g/mol. The van der Waals surface area contributed by atoms with E-state index in [0.29, 0.717) is 0 Å². The lowest BCUT2D eigenvalue weighted by atomic mass is 10.1. The molecule has 2 heterocycles. The molecule has 1 aromatic heterocycles. The van der Waals surface area contributed by atoms with Gasteiger partial charge in [0.05, 0.1) is 22.9 Å². The van der Waals surface area contributed by atoms with Gasteiger partial charge < -0.3 is 20.0 Å². The summed E-state index contributed by atoms with van der Waals surface area (Å²) in [5, 5.41) is 8.66. The van der Waals surface area contributed by atoms with Crippen LogP contribution in [0.1, 0.15) is 11.6 Å². The number of aliphatic imine (C=N–C) groups is 1. The maximum Gasteiger partial charge on any atom is 0.193 e. The van der Waals surface area contributed by atoms with Crippen LogP contribution in [0.3, 0.4) is 0 Å². The summed E-state index contributed by atoms with van der Waals surface area (Å²) < 4.78 is 1.84. The molecule has 1 N–H and O–H groups in total. The second kappa shape index (κ2) is 9.30. The van der Waals surface area contributed by atoms with E-state index in [1.165, 1.54) is 5.56 Å². The Hall–Kier alpha value is -2.25. The number of aryl methyl sites for hydroxylation is 1. The monoisotopic (exact) mass is 403 g/mol. The number of anilines is 1. The van der Waals surface area contributed by atoms with E-state index in [2.05, 4.69) is 56.5 Å². The number of benzene rings is 1. The number of aromatic nitrogens is 2. The smallest absolute Gasteiger partial charge is 0.193 e. The fourth-order valence-corrected chi connectivity index (χ4v) is 3.85. The Morgan fingerprint density at radius 3 is 2.54 bits per heavy atom. The number of hydrogen-bond donors (Lipinski definition) is 1. The zero-order chi connectivity index (χ0) is 20.1. The Morgan fingerprint density at radius 2 is 1.96 bits per heavy atom. The van der Waals surface area contributed by atoms with Gasteiger partial charge in [-0.25, -0.2) is 0 Å². The first-order valence-corrected chi connectivity index (χ1v) is 9.97. The van der Waals surface area contributed by atoms with Gasteiger partial charge in [-0.3, -0.25) is 9.67 Å². The molecule has 1 aliphatic rings. The highest BCUT2D eigenvalue weighted by Gasteiger charge is 2.22. The van der Waals surface area contributed by atoms with Crippen molar-refractivity contribution < 1.29 is 0 Å². The van der Waals surface area contributed by atoms with E-state index in [1.807, 2.05) is 43.2 Å². The third kappa shape index (κ3) is 4.77. The van der Waals surface area contributed by atoms with Crippen molar-refractivity contribution >= 4 is 23.2 Å². The molecular formula is C20H30ClN7. The number of piperazine rings is 1. The van der Waals surface area contributed by atoms with Gasteiger partial charge in [-0.2, -0.15) is 5.10 Å². The van der Waals surface area contributed by atoms with Crippen LogP contribution in [0.2, 0.25) is 5.02 Å². The number of rotatable bonds is 5. The quantitative estimate of drug-likeness (QED) is 0.611. The van der Waals surface area contributed by atoms with Gasteiger partial charge in [0, 0.05) is 58.6 Å². The lowest BCUT2D eigenvalue weighted by Crippen LogP contribution is -2.53. The number of nitrogens with one attached hydrogen (secondary N) is 1. The Balaban J connectivity index is 1.58. The molecule has 1 fully saturated rings. The maximum absolute atomic E-state index is 6.36. The molecule has 152 valence electrons. The molecule has 7 nitrogen and oxygen atoms in total. The first-order valence-electron chi connectivity index (χ1n) is 9.59. The standard InChI is InChI=1S/C20H30ClN7/c1-22-20(23-14-19(25(2)3)16-13-24-26(4)15-16)28-11-9-27(10-12-28)18-8-6-5-7-17(18)21/h5-8,13,15,19H,9-12,14H2,1-4H3,(H,22,23). The molecule has 0 aliphatic carbocycles. The van der Waals surface area contributed by atoms with E-state index in [4.69, 9.17) is 11.6 Å². The molecule has 2 aromatic rings. The van der Waals surface area contributed by atoms with Crippen LogP contribution in [-0.2, 0) is 7.05 Å². The summed E-state index contributed by atoms with van der Waals surface area (Å²) in [6, 6.07) is 8.27. The molecule has 0 amide bonds. The number of hydrogen-bond acceptors (Lipinski definition) is 4. The summed E-state index contributed by atoms with van der Waals surface area (Å²) >= 11 is 6.36. The number of para-hydroxylation sites is 1. The first kappa shape index (κ1) is 20.5. The summed E-state index contributed by atoms with van der Waals surface area (Å²) in [6.45, 7) is 4.43. The van der Waals surface area contributed by atoms with Crippen LogP contribution in [0.15, 0.2) is 41.7 Å². The summed E-state index contributed by atoms with van der Waals surface area (Å²) in [4.78, 5) is 11.4. The SMILES string of the molecule is CN=C(NCC(c1cnn(C)c1)N(C)C)N1CCN(c2ccccc2Cl)CC1. The van der Waals surface area contributed by atoms with Gasteiger partial charge in [-0.15, -0.1) is 0 Å². The van der Waals surface area contributed by atoms with Gasteiger partial charge in [0.15, 0.2) is 5.96 Å². The Morgan fingerprint density at radius 1 is 1.25 bits per heavy atom. The highest BCUT2D eigenvalue weighted by atomic mass is 35.5. The third-order valence-corrected chi connectivity index (χ3v) is 5.49. The highest BCUT2D eigenvalue weighted by Crippen LogP contribution is 2.26. The molecule has 1 unspecified atom stereocenters. The molecule has 0 saturated carbocycles. The van der Waals surface area contributed by atoms with Gasteiger partial charge in [0.25, 0.3) is 0 Å². The van der Waals surface area contributed by atoms with Gasteiger partial charge in [0.1, 0.15) is 0 Å². The normalized spacial score (nSPS) is 16.6. The predicted molar refractivity (Wildman–Crippen MR) is 116 cm³/mol. The number of halogens is 1. The molecular weight excluding hydrogens is 374 g/mol. The van der Waals surface area contributed by atoms with E-state index in [9.17, 15) is 0 Å². The molecule has 1 aromatic carbocycles. The van der Waals surface area contributed by atoms with Crippen LogP contribution in [0.25, 0.3) is 0 Å². The van der Waals surface area contributed by atoms with Gasteiger partial charge >= 0.3 is 0 Å². The largest absolute Gasteiger partial charge is 0.367 e. The van der Waals surface area contributed by atoms with Crippen molar-refractivity contribution in [3.63, 3.8) is 0 Å². The van der Waals surface area contributed by atoms with Crippen LogP contribution in [0.5, 0.6) is 0 Å². The minimum absolute atomic E-state index is 0.231. The van der Waals surface area contributed by atoms with Crippen LogP contribution in [0, 0.1) is 0 Å².